The Hall–Kier alpha value is -2.34. The van der Waals surface area contributed by atoms with Crippen LogP contribution in [0.2, 0.25) is 0 Å². The van der Waals surface area contributed by atoms with Crippen LogP contribution < -0.4 is 10.6 Å². The monoisotopic (exact) mass is 302 g/mol. The lowest BCUT2D eigenvalue weighted by Crippen LogP contribution is -2.29. The van der Waals surface area contributed by atoms with Crippen molar-refractivity contribution in [1.29, 1.82) is 0 Å². The third kappa shape index (κ3) is 4.89. The van der Waals surface area contributed by atoms with Crippen LogP contribution in [0.1, 0.15) is 23.2 Å². The molecule has 0 radical (unpaired) electrons. The van der Waals surface area contributed by atoms with Gasteiger partial charge in [-0.25, -0.2) is 4.79 Å². The number of nitrogens with one attached hydrogen (secondary N) is 3. The number of hydrogen-bond donors (Lipinski definition) is 3. The Morgan fingerprint density at radius 3 is 3.00 bits per heavy atom. The number of urea groups is 1. The first-order chi connectivity index (χ1) is 10.7. The summed E-state index contributed by atoms with van der Waals surface area (Å²) in [5, 5.41) is 12.6. The fraction of sp³-hybridized carbons (Fsp3) is 0.375. The van der Waals surface area contributed by atoms with Gasteiger partial charge in [-0.2, -0.15) is 5.10 Å². The Labute approximate surface area is 130 Å². The number of H-pyrrole nitrogens is 1. The molecule has 0 spiro atoms. The molecule has 6 heteroatoms. The van der Waals surface area contributed by atoms with E-state index >= 15 is 0 Å². The summed E-state index contributed by atoms with van der Waals surface area (Å²) in [4.78, 5) is 11.8. The molecule has 0 aliphatic heterocycles. The highest BCUT2D eigenvalue weighted by atomic mass is 16.5. The van der Waals surface area contributed by atoms with E-state index in [1.807, 2.05) is 37.4 Å². The number of nitrogens with zero attached hydrogens (tertiary/aromatic N) is 1. The second-order valence-electron chi connectivity index (χ2n) is 5.14. The van der Waals surface area contributed by atoms with Crippen molar-refractivity contribution in [3.8, 4) is 0 Å². The van der Waals surface area contributed by atoms with Gasteiger partial charge < -0.3 is 15.4 Å². The molecule has 0 unspecified atom stereocenters. The van der Waals surface area contributed by atoms with E-state index < -0.39 is 0 Å². The van der Waals surface area contributed by atoms with Crippen LogP contribution in [-0.2, 0) is 17.8 Å². The number of benzene rings is 1. The standard InChI is InChI=1S/C16H22N4O2/c1-12-14(10-18-20-12)6-4-8-17-16(21)19-15-7-3-5-13(9-15)11-22-2/h3,5,7,9-10H,4,6,8,11H2,1-2H3,(H,18,20)(H2,17,19,21). The molecule has 0 bridgehead atoms. The molecule has 22 heavy (non-hydrogen) atoms. The molecule has 1 heterocycles. The van der Waals surface area contributed by atoms with Crippen molar-refractivity contribution in [2.24, 2.45) is 0 Å². The second kappa shape index (κ2) is 8.19. The largest absolute Gasteiger partial charge is 0.380 e. The molecule has 2 aromatic rings. The van der Waals surface area contributed by atoms with Gasteiger partial charge in [-0.15, -0.1) is 0 Å². The fourth-order valence-corrected chi connectivity index (χ4v) is 2.19. The van der Waals surface area contributed by atoms with Gasteiger partial charge in [0, 0.05) is 25.0 Å². The molecule has 0 atom stereocenters. The van der Waals surface area contributed by atoms with Gasteiger partial charge in [0.1, 0.15) is 0 Å². The summed E-state index contributed by atoms with van der Waals surface area (Å²) >= 11 is 0. The number of carbonyl (C=O) groups excluding carboxylic acids is 1. The number of methoxy groups -OCH3 is 1. The van der Waals surface area contributed by atoms with Crippen LogP contribution in [0.4, 0.5) is 10.5 Å². The van der Waals surface area contributed by atoms with E-state index in [1.165, 1.54) is 5.56 Å². The first-order valence-corrected chi connectivity index (χ1v) is 7.30. The van der Waals surface area contributed by atoms with Crippen molar-refractivity contribution in [2.75, 3.05) is 19.0 Å². The van der Waals surface area contributed by atoms with Crippen LogP contribution in [-0.4, -0.2) is 29.9 Å². The molecule has 1 aromatic carbocycles. The van der Waals surface area contributed by atoms with Crippen LogP contribution in [0, 0.1) is 6.92 Å². The van der Waals surface area contributed by atoms with E-state index in [9.17, 15) is 4.79 Å². The van der Waals surface area contributed by atoms with Crippen molar-refractivity contribution < 1.29 is 9.53 Å². The topological polar surface area (TPSA) is 79.0 Å². The summed E-state index contributed by atoms with van der Waals surface area (Å²) in [6, 6.07) is 7.41. The van der Waals surface area contributed by atoms with Gasteiger partial charge in [-0.1, -0.05) is 12.1 Å². The number of aromatic amines is 1. The average molecular weight is 302 g/mol. The number of anilines is 1. The molecule has 0 aliphatic rings. The molecule has 118 valence electrons. The Bertz CT molecular complexity index is 610. The van der Waals surface area contributed by atoms with Gasteiger partial charge in [-0.3, -0.25) is 5.10 Å². The van der Waals surface area contributed by atoms with Gasteiger partial charge in [0.2, 0.25) is 0 Å². The van der Waals surface area contributed by atoms with Crippen molar-refractivity contribution in [3.63, 3.8) is 0 Å². The number of amides is 2. The smallest absolute Gasteiger partial charge is 0.319 e. The van der Waals surface area contributed by atoms with Crippen molar-refractivity contribution >= 4 is 11.7 Å². The highest BCUT2D eigenvalue weighted by Gasteiger charge is 2.03. The molecule has 2 amide bonds. The zero-order valence-electron chi connectivity index (χ0n) is 13.0. The normalized spacial score (nSPS) is 10.5. The molecule has 0 fully saturated rings. The minimum atomic E-state index is -0.196. The Kier molecular flexibility index (Phi) is 5.97. The molecule has 0 saturated carbocycles. The summed E-state index contributed by atoms with van der Waals surface area (Å²) in [5.74, 6) is 0. The predicted octanol–water partition coefficient (Wildman–Crippen LogP) is 2.62. The number of aryl methyl sites for hydroxylation is 2. The first-order valence-electron chi connectivity index (χ1n) is 7.30. The number of rotatable bonds is 7. The molecule has 1 aromatic heterocycles. The van der Waals surface area contributed by atoms with Gasteiger partial charge in [0.15, 0.2) is 0 Å². The third-order valence-corrected chi connectivity index (χ3v) is 3.34. The van der Waals surface area contributed by atoms with E-state index in [0.717, 1.165) is 29.8 Å². The van der Waals surface area contributed by atoms with Crippen LogP contribution in [0.5, 0.6) is 0 Å². The van der Waals surface area contributed by atoms with Gasteiger partial charge in [0.05, 0.1) is 12.8 Å². The minimum absolute atomic E-state index is 0.196. The lowest BCUT2D eigenvalue weighted by molar-refractivity contribution is 0.185. The number of carbonyl (C=O) groups is 1. The summed E-state index contributed by atoms with van der Waals surface area (Å²) in [7, 11) is 1.65. The Balaban J connectivity index is 1.71. The second-order valence-corrected chi connectivity index (χ2v) is 5.14. The first kappa shape index (κ1) is 16.0. The molecular formula is C16H22N4O2. The van der Waals surface area contributed by atoms with E-state index in [0.29, 0.717) is 13.2 Å². The molecule has 0 saturated heterocycles. The van der Waals surface area contributed by atoms with Crippen LogP contribution in [0.25, 0.3) is 0 Å². The van der Waals surface area contributed by atoms with E-state index in [1.54, 1.807) is 7.11 Å². The van der Waals surface area contributed by atoms with Gasteiger partial charge >= 0.3 is 6.03 Å². The number of aromatic nitrogens is 2. The zero-order chi connectivity index (χ0) is 15.8. The average Bonchev–Trinajstić information content (AvgIpc) is 2.90. The Morgan fingerprint density at radius 1 is 1.41 bits per heavy atom. The van der Waals surface area contributed by atoms with Crippen molar-refractivity contribution in [3.05, 3.63) is 47.3 Å². The quantitative estimate of drug-likeness (QED) is 0.688. The summed E-state index contributed by atoms with van der Waals surface area (Å²) in [5.41, 5.74) is 4.06. The maximum atomic E-state index is 11.8. The maximum Gasteiger partial charge on any atom is 0.319 e. The van der Waals surface area contributed by atoms with Crippen molar-refractivity contribution in [1.82, 2.24) is 15.5 Å². The highest BCUT2D eigenvalue weighted by molar-refractivity contribution is 5.89. The summed E-state index contributed by atoms with van der Waals surface area (Å²) < 4.78 is 5.08. The minimum Gasteiger partial charge on any atom is -0.380 e. The Morgan fingerprint density at radius 2 is 2.27 bits per heavy atom. The lowest BCUT2D eigenvalue weighted by atomic mass is 10.1. The summed E-state index contributed by atoms with van der Waals surface area (Å²) in [6.07, 6.45) is 3.60. The SMILES string of the molecule is COCc1cccc(NC(=O)NCCCc2cn[nH]c2C)c1. The van der Waals surface area contributed by atoms with Gasteiger partial charge in [-0.05, 0) is 43.0 Å². The van der Waals surface area contributed by atoms with Crippen LogP contribution in [0.3, 0.4) is 0 Å². The van der Waals surface area contributed by atoms with E-state index in [-0.39, 0.29) is 6.03 Å². The van der Waals surface area contributed by atoms with E-state index in [4.69, 9.17) is 4.74 Å². The number of ether oxygens (including phenoxy) is 1. The highest BCUT2D eigenvalue weighted by Crippen LogP contribution is 2.11. The maximum absolute atomic E-state index is 11.8. The molecule has 6 nitrogen and oxygen atoms in total. The van der Waals surface area contributed by atoms with Crippen molar-refractivity contribution in [2.45, 2.75) is 26.4 Å². The summed E-state index contributed by atoms with van der Waals surface area (Å²) in [6.45, 7) is 3.14. The van der Waals surface area contributed by atoms with Crippen LogP contribution in [0.15, 0.2) is 30.5 Å². The molecule has 3 N–H and O–H groups in total. The van der Waals surface area contributed by atoms with Crippen LogP contribution >= 0.6 is 0 Å². The number of hydrogen-bond acceptors (Lipinski definition) is 3. The van der Waals surface area contributed by atoms with Gasteiger partial charge in [0.25, 0.3) is 0 Å². The fourth-order valence-electron chi connectivity index (χ4n) is 2.19. The third-order valence-electron chi connectivity index (χ3n) is 3.34. The molecule has 2 rings (SSSR count). The predicted molar refractivity (Wildman–Crippen MR) is 85.8 cm³/mol. The molecular weight excluding hydrogens is 280 g/mol. The molecule has 0 aliphatic carbocycles. The zero-order valence-corrected chi connectivity index (χ0v) is 13.0. The lowest BCUT2D eigenvalue weighted by Gasteiger charge is -2.09. The van der Waals surface area contributed by atoms with E-state index in [2.05, 4.69) is 20.8 Å².